The minimum atomic E-state index is -0.894. The van der Waals surface area contributed by atoms with Gasteiger partial charge in [0.2, 0.25) is 5.91 Å². The predicted octanol–water partition coefficient (Wildman–Crippen LogP) is 2.70. The fourth-order valence-corrected chi connectivity index (χ4v) is 2.33. The van der Waals surface area contributed by atoms with E-state index in [1.807, 2.05) is 6.92 Å². The summed E-state index contributed by atoms with van der Waals surface area (Å²) in [6.07, 6.45) is 1.21. The van der Waals surface area contributed by atoms with Gasteiger partial charge in [-0.2, -0.15) is 0 Å². The van der Waals surface area contributed by atoms with Crippen LogP contribution in [0.2, 0.25) is 5.02 Å². The number of benzene rings is 1. The molecule has 2 N–H and O–H groups in total. The maximum absolute atomic E-state index is 11.9. The summed E-state index contributed by atoms with van der Waals surface area (Å²) in [5, 5.41) is 12.3. The molecule has 0 aromatic heterocycles. The van der Waals surface area contributed by atoms with Crippen LogP contribution in [0.3, 0.4) is 0 Å². The molecule has 4 nitrogen and oxygen atoms in total. The minimum absolute atomic E-state index is 0.223. The van der Waals surface area contributed by atoms with E-state index in [0.717, 1.165) is 5.56 Å². The first kappa shape index (κ1) is 12.9. The van der Waals surface area contributed by atoms with E-state index in [4.69, 9.17) is 16.7 Å². The van der Waals surface area contributed by atoms with Crippen molar-refractivity contribution in [3.63, 3.8) is 0 Å². The molecule has 1 amide bonds. The first-order chi connectivity index (χ1) is 8.49. The molecule has 2 unspecified atom stereocenters. The third-order valence-electron chi connectivity index (χ3n) is 3.37. The van der Waals surface area contributed by atoms with Crippen molar-refractivity contribution >= 4 is 29.2 Å². The Balaban J connectivity index is 2.05. The molecule has 0 saturated heterocycles. The molecule has 5 heteroatoms. The summed E-state index contributed by atoms with van der Waals surface area (Å²) in [5.74, 6) is -2.08. The second-order valence-corrected chi connectivity index (χ2v) is 5.01. The number of aryl methyl sites for hydroxylation is 1. The molecule has 1 fully saturated rings. The lowest BCUT2D eigenvalue weighted by molar-refractivity contribution is -0.151. The van der Waals surface area contributed by atoms with Crippen molar-refractivity contribution in [1.82, 2.24) is 0 Å². The summed E-state index contributed by atoms with van der Waals surface area (Å²) < 4.78 is 0. The molecule has 0 radical (unpaired) electrons. The number of halogens is 1. The molecular weight excluding hydrogens is 254 g/mol. The Hall–Kier alpha value is -1.55. The molecule has 0 bridgehead atoms. The molecule has 2 rings (SSSR count). The summed E-state index contributed by atoms with van der Waals surface area (Å²) in [6, 6.07) is 5.18. The second kappa shape index (κ2) is 4.98. The van der Waals surface area contributed by atoms with Gasteiger partial charge in [-0.05, 0) is 43.5 Å². The van der Waals surface area contributed by atoms with Gasteiger partial charge in [-0.1, -0.05) is 11.6 Å². The first-order valence-electron chi connectivity index (χ1n) is 5.79. The second-order valence-electron chi connectivity index (χ2n) is 4.58. The summed E-state index contributed by atoms with van der Waals surface area (Å²) >= 11 is 5.83. The van der Waals surface area contributed by atoms with Gasteiger partial charge < -0.3 is 10.4 Å². The largest absolute Gasteiger partial charge is 0.481 e. The molecule has 0 heterocycles. The predicted molar refractivity (Wildman–Crippen MR) is 68.7 cm³/mol. The molecule has 1 aromatic rings. The van der Waals surface area contributed by atoms with Crippen LogP contribution in [0, 0.1) is 18.8 Å². The lowest BCUT2D eigenvalue weighted by Gasteiger charge is -2.32. The van der Waals surface area contributed by atoms with Crippen molar-refractivity contribution in [1.29, 1.82) is 0 Å². The van der Waals surface area contributed by atoms with E-state index in [1.54, 1.807) is 18.2 Å². The van der Waals surface area contributed by atoms with E-state index >= 15 is 0 Å². The number of aliphatic carboxylic acids is 1. The van der Waals surface area contributed by atoms with Crippen molar-refractivity contribution in [2.24, 2.45) is 11.8 Å². The maximum Gasteiger partial charge on any atom is 0.307 e. The van der Waals surface area contributed by atoms with Crippen molar-refractivity contribution in [3.8, 4) is 0 Å². The van der Waals surface area contributed by atoms with E-state index in [-0.39, 0.29) is 5.91 Å². The SMILES string of the molecule is Cc1cc(Cl)ccc1NC(=O)C1CCC1C(=O)O. The van der Waals surface area contributed by atoms with Gasteiger partial charge in [0.25, 0.3) is 0 Å². The quantitative estimate of drug-likeness (QED) is 0.885. The zero-order chi connectivity index (χ0) is 13.3. The third kappa shape index (κ3) is 2.48. The molecule has 18 heavy (non-hydrogen) atoms. The third-order valence-corrected chi connectivity index (χ3v) is 3.61. The van der Waals surface area contributed by atoms with Crippen LogP contribution in [0.4, 0.5) is 5.69 Å². The van der Waals surface area contributed by atoms with Crippen molar-refractivity contribution < 1.29 is 14.7 Å². The molecule has 0 spiro atoms. The fourth-order valence-electron chi connectivity index (χ4n) is 2.10. The zero-order valence-electron chi connectivity index (χ0n) is 9.94. The van der Waals surface area contributed by atoms with Gasteiger partial charge >= 0.3 is 5.97 Å². The van der Waals surface area contributed by atoms with Gasteiger partial charge in [-0.15, -0.1) is 0 Å². The van der Waals surface area contributed by atoms with E-state index in [2.05, 4.69) is 5.32 Å². The fraction of sp³-hybridized carbons (Fsp3) is 0.385. The van der Waals surface area contributed by atoms with Gasteiger partial charge in [-0.3, -0.25) is 9.59 Å². The summed E-state index contributed by atoms with van der Waals surface area (Å²) in [6.45, 7) is 1.84. The number of hydrogen-bond donors (Lipinski definition) is 2. The van der Waals surface area contributed by atoms with Crippen LogP contribution in [0.5, 0.6) is 0 Å². The van der Waals surface area contributed by atoms with Crippen LogP contribution in [0.1, 0.15) is 18.4 Å². The molecule has 1 aliphatic carbocycles. The van der Waals surface area contributed by atoms with Gasteiger partial charge in [0.1, 0.15) is 0 Å². The summed E-state index contributed by atoms with van der Waals surface area (Å²) in [4.78, 5) is 22.8. The summed E-state index contributed by atoms with van der Waals surface area (Å²) in [7, 11) is 0. The van der Waals surface area contributed by atoms with Crippen LogP contribution in [0.15, 0.2) is 18.2 Å². The van der Waals surface area contributed by atoms with Crippen LogP contribution < -0.4 is 5.32 Å². The van der Waals surface area contributed by atoms with Crippen molar-refractivity contribution in [2.75, 3.05) is 5.32 Å². The molecule has 0 aliphatic heterocycles. The number of hydrogen-bond acceptors (Lipinski definition) is 2. The van der Waals surface area contributed by atoms with Crippen molar-refractivity contribution in [2.45, 2.75) is 19.8 Å². The smallest absolute Gasteiger partial charge is 0.307 e. The van der Waals surface area contributed by atoms with Crippen LogP contribution in [0.25, 0.3) is 0 Å². The molecule has 1 saturated carbocycles. The van der Waals surface area contributed by atoms with E-state index in [0.29, 0.717) is 23.6 Å². The Morgan fingerprint density at radius 3 is 2.50 bits per heavy atom. The lowest BCUT2D eigenvalue weighted by Crippen LogP contribution is -2.41. The zero-order valence-corrected chi connectivity index (χ0v) is 10.7. The van der Waals surface area contributed by atoms with E-state index < -0.39 is 17.8 Å². The highest BCUT2D eigenvalue weighted by molar-refractivity contribution is 6.30. The van der Waals surface area contributed by atoms with Gasteiger partial charge in [0.05, 0.1) is 11.8 Å². The van der Waals surface area contributed by atoms with Crippen LogP contribution >= 0.6 is 11.6 Å². The number of nitrogens with one attached hydrogen (secondary N) is 1. The number of carbonyl (C=O) groups is 2. The average molecular weight is 268 g/mol. The Kier molecular flexibility index (Phi) is 3.57. The van der Waals surface area contributed by atoms with E-state index in [9.17, 15) is 9.59 Å². The number of amides is 1. The Morgan fingerprint density at radius 2 is 2.00 bits per heavy atom. The molecule has 1 aromatic carbocycles. The minimum Gasteiger partial charge on any atom is -0.481 e. The molecular formula is C13H14ClNO3. The Labute approximate surface area is 110 Å². The van der Waals surface area contributed by atoms with Gasteiger partial charge in [0.15, 0.2) is 0 Å². The van der Waals surface area contributed by atoms with Crippen LogP contribution in [-0.4, -0.2) is 17.0 Å². The number of anilines is 1. The van der Waals surface area contributed by atoms with Crippen LogP contribution in [-0.2, 0) is 9.59 Å². The van der Waals surface area contributed by atoms with Gasteiger partial charge in [0, 0.05) is 10.7 Å². The standard InChI is InChI=1S/C13H14ClNO3/c1-7-6-8(14)2-5-11(7)15-12(16)9-3-4-10(9)13(17)18/h2,5-6,9-10H,3-4H2,1H3,(H,15,16)(H,17,18). The highest BCUT2D eigenvalue weighted by Crippen LogP contribution is 2.35. The topological polar surface area (TPSA) is 66.4 Å². The number of rotatable bonds is 3. The Morgan fingerprint density at radius 1 is 1.33 bits per heavy atom. The maximum atomic E-state index is 11.9. The normalized spacial score (nSPS) is 22.1. The number of carboxylic acids is 1. The summed E-state index contributed by atoms with van der Waals surface area (Å²) in [5.41, 5.74) is 1.54. The average Bonchev–Trinajstić information content (AvgIpc) is 2.19. The lowest BCUT2D eigenvalue weighted by atomic mass is 9.73. The Bertz CT molecular complexity index is 501. The number of carboxylic acid groups (broad SMARTS) is 1. The van der Waals surface area contributed by atoms with Gasteiger partial charge in [-0.25, -0.2) is 0 Å². The van der Waals surface area contributed by atoms with E-state index in [1.165, 1.54) is 0 Å². The van der Waals surface area contributed by atoms with Crippen molar-refractivity contribution in [3.05, 3.63) is 28.8 Å². The number of carbonyl (C=O) groups excluding carboxylic acids is 1. The molecule has 96 valence electrons. The highest BCUT2D eigenvalue weighted by Gasteiger charge is 2.41. The highest BCUT2D eigenvalue weighted by atomic mass is 35.5. The first-order valence-corrected chi connectivity index (χ1v) is 6.16. The molecule has 1 aliphatic rings. The molecule has 2 atom stereocenters. The monoisotopic (exact) mass is 267 g/mol.